The molecule has 2 aromatic rings. The van der Waals surface area contributed by atoms with Crippen LogP contribution in [0.3, 0.4) is 0 Å². The SMILES string of the molecule is COc1ccc(COC(=O)C2=C(COC(C)=O)CS[C@@H]3[C@@H](NC(=O)Cc4cccs4)C(=O)N23)cc1. The van der Waals surface area contributed by atoms with E-state index in [0.29, 0.717) is 17.1 Å². The number of nitrogens with one attached hydrogen (secondary N) is 1. The average molecular weight is 517 g/mol. The summed E-state index contributed by atoms with van der Waals surface area (Å²) in [5.41, 5.74) is 1.30. The lowest BCUT2D eigenvalue weighted by Crippen LogP contribution is -2.70. The summed E-state index contributed by atoms with van der Waals surface area (Å²) in [4.78, 5) is 52.1. The largest absolute Gasteiger partial charge is 0.497 e. The van der Waals surface area contributed by atoms with Crippen molar-refractivity contribution in [1.29, 1.82) is 0 Å². The molecule has 1 saturated heterocycles. The first kappa shape index (κ1) is 24.8. The second kappa shape index (κ2) is 11.0. The fourth-order valence-electron chi connectivity index (χ4n) is 3.71. The lowest BCUT2D eigenvalue weighted by molar-refractivity contribution is -0.153. The number of thioether (sulfide) groups is 1. The number of methoxy groups -OCH3 is 1. The highest BCUT2D eigenvalue weighted by molar-refractivity contribution is 8.00. The second-order valence-corrected chi connectivity index (χ2v) is 10.0. The van der Waals surface area contributed by atoms with Crippen LogP contribution in [0.15, 0.2) is 53.0 Å². The topological polar surface area (TPSA) is 111 Å². The molecule has 0 saturated carbocycles. The molecule has 0 spiro atoms. The maximum Gasteiger partial charge on any atom is 0.355 e. The maximum atomic E-state index is 13.1. The van der Waals surface area contributed by atoms with Gasteiger partial charge in [0.2, 0.25) is 5.91 Å². The molecule has 3 heterocycles. The Morgan fingerprint density at radius 1 is 1.11 bits per heavy atom. The quantitative estimate of drug-likeness (QED) is 0.399. The number of benzene rings is 1. The number of rotatable bonds is 9. The van der Waals surface area contributed by atoms with E-state index < -0.39 is 29.3 Å². The van der Waals surface area contributed by atoms with Gasteiger partial charge < -0.3 is 19.5 Å². The lowest BCUT2D eigenvalue weighted by Gasteiger charge is -2.49. The number of hydrogen-bond donors (Lipinski definition) is 1. The molecule has 0 aliphatic carbocycles. The monoisotopic (exact) mass is 516 g/mol. The Bertz CT molecular complexity index is 1150. The predicted molar refractivity (Wildman–Crippen MR) is 129 cm³/mol. The highest BCUT2D eigenvalue weighted by Crippen LogP contribution is 2.41. The average Bonchev–Trinajstić information content (AvgIpc) is 3.37. The fourth-order valence-corrected chi connectivity index (χ4v) is 5.74. The summed E-state index contributed by atoms with van der Waals surface area (Å²) in [6.07, 6.45) is 0.184. The highest BCUT2D eigenvalue weighted by Gasteiger charge is 2.54. The van der Waals surface area contributed by atoms with E-state index in [1.165, 1.54) is 34.9 Å². The molecule has 9 nitrogen and oxygen atoms in total. The van der Waals surface area contributed by atoms with E-state index in [9.17, 15) is 19.2 Å². The molecule has 1 fully saturated rings. The van der Waals surface area contributed by atoms with Crippen molar-refractivity contribution in [3.63, 3.8) is 0 Å². The zero-order valence-corrected chi connectivity index (χ0v) is 20.8. The summed E-state index contributed by atoms with van der Waals surface area (Å²) in [6, 6.07) is 10.0. The van der Waals surface area contributed by atoms with Crippen LogP contribution in [0, 0.1) is 0 Å². The summed E-state index contributed by atoms with van der Waals surface area (Å²) in [5.74, 6) is -0.819. The fraction of sp³-hybridized carbons (Fsp3) is 0.333. The van der Waals surface area contributed by atoms with E-state index in [2.05, 4.69) is 5.32 Å². The number of ether oxygens (including phenoxy) is 3. The van der Waals surface area contributed by atoms with Gasteiger partial charge in [0.15, 0.2) is 0 Å². The third-order valence-electron chi connectivity index (χ3n) is 5.45. The molecule has 11 heteroatoms. The van der Waals surface area contributed by atoms with Crippen LogP contribution in [-0.4, -0.2) is 59.5 Å². The number of β-lactam (4-membered cyclic amide) rings is 1. The van der Waals surface area contributed by atoms with E-state index in [4.69, 9.17) is 14.2 Å². The molecule has 4 rings (SSSR count). The molecule has 184 valence electrons. The number of nitrogens with zero attached hydrogens (tertiary/aromatic N) is 1. The van der Waals surface area contributed by atoms with Crippen molar-refractivity contribution in [3.8, 4) is 5.75 Å². The number of fused-ring (bicyclic) bond motifs is 1. The van der Waals surface area contributed by atoms with Crippen molar-refractivity contribution in [3.05, 3.63) is 63.5 Å². The Morgan fingerprint density at radius 2 is 1.89 bits per heavy atom. The molecule has 35 heavy (non-hydrogen) atoms. The minimum absolute atomic E-state index is 0.00596. The molecule has 2 aliphatic heterocycles. The van der Waals surface area contributed by atoms with Gasteiger partial charge in [-0.15, -0.1) is 23.1 Å². The molecule has 0 unspecified atom stereocenters. The van der Waals surface area contributed by atoms with Gasteiger partial charge in [-0.05, 0) is 29.1 Å². The second-order valence-electron chi connectivity index (χ2n) is 7.87. The van der Waals surface area contributed by atoms with Crippen LogP contribution < -0.4 is 10.1 Å². The predicted octanol–water partition coefficient (Wildman–Crippen LogP) is 2.26. The number of carbonyl (C=O) groups excluding carboxylic acids is 4. The van der Waals surface area contributed by atoms with Gasteiger partial charge in [-0.25, -0.2) is 4.79 Å². The van der Waals surface area contributed by atoms with E-state index >= 15 is 0 Å². The summed E-state index contributed by atoms with van der Waals surface area (Å²) < 4.78 is 15.7. The Labute approximate surface area is 210 Å². The Hall–Kier alpha value is -3.31. The van der Waals surface area contributed by atoms with Crippen LogP contribution in [0.5, 0.6) is 5.75 Å². The molecule has 1 aromatic carbocycles. The third-order valence-corrected chi connectivity index (χ3v) is 7.67. The standard InChI is InChI=1S/C24H24N2O7S2/c1-14(27)32-12-16-13-35-23-20(25-19(28)10-18-4-3-9-34-18)22(29)26(23)21(16)24(30)33-11-15-5-7-17(31-2)8-6-15/h3-9,20,23H,10-13H2,1-2H3,(H,25,28)/t20-,23+/m0/s1. The minimum atomic E-state index is -0.743. The van der Waals surface area contributed by atoms with Gasteiger partial charge >= 0.3 is 11.9 Å². The first-order chi connectivity index (χ1) is 16.9. The molecular weight excluding hydrogens is 492 g/mol. The van der Waals surface area contributed by atoms with Crippen molar-refractivity contribution < 1.29 is 33.4 Å². The minimum Gasteiger partial charge on any atom is -0.497 e. The van der Waals surface area contributed by atoms with Gasteiger partial charge in [-0.1, -0.05) is 18.2 Å². The zero-order chi connectivity index (χ0) is 24.9. The molecule has 0 radical (unpaired) electrons. The van der Waals surface area contributed by atoms with Gasteiger partial charge in [-0.2, -0.15) is 0 Å². The van der Waals surface area contributed by atoms with Crippen LogP contribution in [0.4, 0.5) is 0 Å². The Morgan fingerprint density at radius 3 is 2.54 bits per heavy atom. The van der Waals surface area contributed by atoms with E-state index in [0.717, 1.165) is 10.4 Å². The molecule has 2 atom stereocenters. The number of esters is 2. The van der Waals surface area contributed by atoms with Crippen molar-refractivity contribution in [1.82, 2.24) is 10.2 Å². The van der Waals surface area contributed by atoms with E-state index in [-0.39, 0.29) is 31.2 Å². The zero-order valence-electron chi connectivity index (χ0n) is 19.1. The highest BCUT2D eigenvalue weighted by atomic mass is 32.2. The molecular formula is C24H24N2O7S2. The van der Waals surface area contributed by atoms with Crippen LogP contribution in [-0.2, 0) is 41.7 Å². The normalized spacial score (nSPS) is 18.9. The summed E-state index contributed by atoms with van der Waals surface area (Å²) in [6.45, 7) is 1.14. The van der Waals surface area contributed by atoms with Crippen molar-refractivity contribution >= 4 is 46.9 Å². The van der Waals surface area contributed by atoms with Crippen molar-refractivity contribution in [2.24, 2.45) is 0 Å². The summed E-state index contributed by atoms with van der Waals surface area (Å²) in [5, 5.41) is 4.22. The van der Waals surface area contributed by atoms with Crippen LogP contribution >= 0.6 is 23.1 Å². The van der Waals surface area contributed by atoms with Crippen LogP contribution in [0.1, 0.15) is 17.4 Å². The van der Waals surface area contributed by atoms with Gasteiger partial charge in [0.1, 0.15) is 36.1 Å². The third kappa shape index (κ3) is 5.68. The first-order valence-corrected chi connectivity index (χ1v) is 12.7. The number of thiophene rings is 1. The number of carbonyl (C=O) groups is 4. The summed E-state index contributed by atoms with van der Waals surface area (Å²) >= 11 is 2.86. The first-order valence-electron chi connectivity index (χ1n) is 10.8. The van der Waals surface area contributed by atoms with Gasteiger partial charge in [0.25, 0.3) is 5.91 Å². The van der Waals surface area contributed by atoms with E-state index in [1.54, 1.807) is 31.4 Å². The van der Waals surface area contributed by atoms with Crippen molar-refractivity contribution in [2.75, 3.05) is 19.5 Å². The van der Waals surface area contributed by atoms with Crippen molar-refractivity contribution in [2.45, 2.75) is 31.4 Å². The summed E-state index contributed by atoms with van der Waals surface area (Å²) in [7, 11) is 1.56. The molecule has 2 amide bonds. The maximum absolute atomic E-state index is 13.1. The van der Waals surface area contributed by atoms with Gasteiger partial charge in [0.05, 0.1) is 13.5 Å². The molecule has 1 N–H and O–H groups in total. The number of hydrogen-bond acceptors (Lipinski definition) is 9. The van der Waals surface area contributed by atoms with E-state index in [1.807, 2.05) is 17.5 Å². The Balaban J connectivity index is 1.46. The van der Waals surface area contributed by atoms with Crippen LogP contribution in [0.2, 0.25) is 0 Å². The van der Waals surface area contributed by atoms with Gasteiger partial charge in [0, 0.05) is 23.1 Å². The smallest absolute Gasteiger partial charge is 0.355 e. The number of amides is 2. The molecule has 0 bridgehead atoms. The molecule has 2 aliphatic rings. The Kier molecular flexibility index (Phi) is 7.76. The molecule has 1 aromatic heterocycles. The van der Waals surface area contributed by atoms with Crippen LogP contribution in [0.25, 0.3) is 0 Å². The van der Waals surface area contributed by atoms with Gasteiger partial charge in [-0.3, -0.25) is 19.3 Å². The lowest BCUT2D eigenvalue weighted by atomic mass is 10.0.